The molecule has 0 amide bonds. The zero-order valence-electron chi connectivity index (χ0n) is 13.2. The summed E-state index contributed by atoms with van der Waals surface area (Å²) in [6, 6.07) is 3.04. The first kappa shape index (κ1) is 16.6. The van der Waals surface area contributed by atoms with Crippen LogP contribution in [-0.2, 0) is 20.4 Å². The molecule has 1 fully saturated rings. The van der Waals surface area contributed by atoms with Crippen molar-refractivity contribution in [1.29, 1.82) is 0 Å². The quantitative estimate of drug-likeness (QED) is 0.876. The number of pyridine rings is 1. The maximum atomic E-state index is 12.6. The predicted molar refractivity (Wildman–Crippen MR) is 84.8 cm³/mol. The molecule has 0 unspecified atom stereocenters. The Balaban J connectivity index is 1.85. The number of aryl methyl sites for hydroxylation is 1. The number of sulfonamides is 1. The fourth-order valence-corrected chi connectivity index (χ4v) is 4.34. The van der Waals surface area contributed by atoms with Crippen molar-refractivity contribution in [2.45, 2.75) is 30.2 Å². The van der Waals surface area contributed by atoms with E-state index in [-0.39, 0.29) is 30.8 Å². The Morgan fingerprint density at radius 1 is 1.29 bits per heavy atom. The molecule has 3 rings (SSSR count). The molecule has 0 radical (unpaired) electrons. The summed E-state index contributed by atoms with van der Waals surface area (Å²) in [7, 11) is -3.67. The highest BCUT2D eigenvalue weighted by Gasteiger charge is 2.46. The van der Waals surface area contributed by atoms with Gasteiger partial charge >= 0.3 is 5.97 Å². The number of hydrogen-bond acceptors (Lipinski definition) is 5. The van der Waals surface area contributed by atoms with Crippen LogP contribution in [0.5, 0.6) is 0 Å². The van der Waals surface area contributed by atoms with Crippen LogP contribution in [0.2, 0.25) is 0 Å². The van der Waals surface area contributed by atoms with E-state index < -0.39 is 21.5 Å². The molecule has 0 aromatic carbocycles. The Bertz CT molecular complexity index is 839. The number of carboxylic acids is 1. The number of carbonyl (C=O) groups is 1. The first-order valence-corrected chi connectivity index (χ1v) is 8.96. The summed E-state index contributed by atoms with van der Waals surface area (Å²) >= 11 is 0. The minimum Gasteiger partial charge on any atom is -0.479 e. The van der Waals surface area contributed by atoms with E-state index in [4.69, 9.17) is 0 Å². The van der Waals surface area contributed by atoms with Crippen LogP contribution in [-0.4, -0.2) is 51.7 Å². The van der Waals surface area contributed by atoms with Crippen LogP contribution >= 0.6 is 0 Å². The van der Waals surface area contributed by atoms with Crippen molar-refractivity contribution in [3.05, 3.63) is 42.5 Å². The molecule has 0 spiro atoms. The molecule has 1 saturated heterocycles. The lowest BCUT2D eigenvalue weighted by atomic mass is 9.88. The van der Waals surface area contributed by atoms with Crippen molar-refractivity contribution < 1.29 is 18.3 Å². The van der Waals surface area contributed by atoms with Gasteiger partial charge in [-0.25, -0.2) is 13.2 Å². The molecule has 0 bridgehead atoms. The average Bonchev–Trinajstić information content (AvgIpc) is 3.02. The fraction of sp³-hybridized carbons (Fsp3) is 0.400. The second-order valence-electron chi connectivity index (χ2n) is 5.89. The van der Waals surface area contributed by atoms with E-state index in [9.17, 15) is 18.3 Å². The van der Waals surface area contributed by atoms with Gasteiger partial charge in [0.05, 0.1) is 6.20 Å². The molecule has 1 N–H and O–H groups in total. The number of carboxylic acid groups (broad SMARTS) is 1. The zero-order chi connectivity index (χ0) is 17.4. The molecule has 1 aliphatic rings. The molecule has 2 aromatic rings. The van der Waals surface area contributed by atoms with Gasteiger partial charge in [0.25, 0.3) is 0 Å². The number of rotatable bonds is 4. The molecular formula is C15H18N4O4S. The SMILES string of the molecule is Cc1cnn(C2(C(=O)O)CCN(S(=O)(=O)c3cccnc3)CC2)c1. The maximum absolute atomic E-state index is 12.6. The summed E-state index contributed by atoms with van der Waals surface area (Å²) < 4.78 is 28.0. The molecule has 24 heavy (non-hydrogen) atoms. The van der Waals surface area contributed by atoms with Crippen LogP contribution in [0.1, 0.15) is 18.4 Å². The van der Waals surface area contributed by atoms with Crippen molar-refractivity contribution in [2.24, 2.45) is 0 Å². The van der Waals surface area contributed by atoms with Gasteiger partial charge in [0.2, 0.25) is 10.0 Å². The van der Waals surface area contributed by atoms with Crippen LogP contribution in [0.3, 0.4) is 0 Å². The van der Waals surface area contributed by atoms with Crippen LogP contribution in [0, 0.1) is 6.92 Å². The number of hydrogen-bond donors (Lipinski definition) is 1. The summed E-state index contributed by atoms with van der Waals surface area (Å²) in [5.41, 5.74) is -0.351. The van der Waals surface area contributed by atoms with Crippen LogP contribution < -0.4 is 0 Å². The molecule has 8 nitrogen and oxygen atoms in total. The average molecular weight is 350 g/mol. The molecule has 3 heterocycles. The minimum atomic E-state index is -3.67. The van der Waals surface area contributed by atoms with Crippen molar-refractivity contribution in [3.8, 4) is 0 Å². The summed E-state index contributed by atoms with van der Waals surface area (Å²) in [5, 5.41) is 13.9. The standard InChI is InChI=1S/C15H18N4O4S/c1-12-9-17-19(11-12)15(14(20)21)4-7-18(8-5-15)24(22,23)13-3-2-6-16-10-13/h2-3,6,9-11H,4-5,7-8H2,1H3,(H,20,21). The van der Waals surface area contributed by atoms with Crippen molar-refractivity contribution in [3.63, 3.8) is 0 Å². The van der Waals surface area contributed by atoms with Crippen LogP contribution in [0.15, 0.2) is 41.8 Å². The van der Waals surface area contributed by atoms with E-state index in [0.717, 1.165) is 5.56 Å². The Morgan fingerprint density at radius 3 is 2.50 bits per heavy atom. The topological polar surface area (TPSA) is 105 Å². The minimum absolute atomic E-state index is 0.114. The van der Waals surface area contributed by atoms with Crippen molar-refractivity contribution >= 4 is 16.0 Å². The van der Waals surface area contributed by atoms with E-state index in [0.29, 0.717) is 0 Å². The zero-order valence-corrected chi connectivity index (χ0v) is 14.0. The summed E-state index contributed by atoms with van der Waals surface area (Å²) in [6.07, 6.45) is 6.39. The second-order valence-corrected chi connectivity index (χ2v) is 7.83. The van der Waals surface area contributed by atoms with Gasteiger partial charge in [0.1, 0.15) is 4.90 Å². The van der Waals surface area contributed by atoms with Gasteiger partial charge in [-0.2, -0.15) is 9.40 Å². The van der Waals surface area contributed by atoms with Crippen LogP contribution in [0.25, 0.3) is 0 Å². The normalized spacial score (nSPS) is 18.4. The molecule has 128 valence electrons. The predicted octanol–water partition coefficient (Wildman–Crippen LogP) is 0.851. The van der Waals surface area contributed by atoms with E-state index in [2.05, 4.69) is 10.1 Å². The Kier molecular flexibility index (Phi) is 4.14. The largest absolute Gasteiger partial charge is 0.479 e. The number of aromatic nitrogens is 3. The smallest absolute Gasteiger partial charge is 0.331 e. The second kappa shape index (κ2) is 5.99. The third-order valence-corrected chi connectivity index (χ3v) is 6.25. The fourth-order valence-electron chi connectivity index (χ4n) is 2.93. The summed E-state index contributed by atoms with van der Waals surface area (Å²) in [6.45, 7) is 2.06. The van der Waals surface area contributed by atoms with Gasteiger partial charge in [0, 0.05) is 31.7 Å². The van der Waals surface area contributed by atoms with E-state index >= 15 is 0 Å². The number of nitrogens with zero attached hydrogens (tertiary/aromatic N) is 4. The van der Waals surface area contributed by atoms with Gasteiger partial charge < -0.3 is 5.11 Å². The molecule has 0 aliphatic carbocycles. The van der Waals surface area contributed by atoms with E-state index in [1.54, 1.807) is 18.5 Å². The highest BCUT2D eigenvalue weighted by atomic mass is 32.2. The molecule has 0 saturated carbocycles. The first-order chi connectivity index (χ1) is 11.4. The molecule has 9 heteroatoms. The monoisotopic (exact) mass is 350 g/mol. The van der Waals surface area contributed by atoms with Gasteiger partial charge in [-0.1, -0.05) is 0 Å². The van der Waals surface area contributed by atoms with Gasteiger partial charge in [-0.3, -0.25) is 9.67 Å². The lowest BCUT2D eigenvalue weighted by Crippen LogP contribution is -2.52. The van der Waals surface area contributed by atoms with Crippen molar-refractivity contribution in [2.75, 3.05) is 13.1 Å². The molecule has 1 aliphatic heterocycles. The number of piperidine rings is 1. The molecule has 2 aromatic heterocycles. The summed E-state index contributed by atoms with van der Waals surface area (Å²) in [4.78, 5) is 15.8. The van der Waals surface area contributed by atoms with Crippen LogP contribution in [0.4, 0.5) is 0 Å². The highest BCUT2D eigenvalue weighted by molar-refractivity contribution is 7.89. The Labute approximate surface area is 139 Å². The third-order valence-electron chi connectivity index (χ3n) is 4.37. The molecule has 0 atom stereocenters. The first-order valence-electron chi connectivity index (χ1n) is 7.52. The van der Waals surface area contributed by atoms with Gasteiger partial charge in [-0.15, -0.1) is 0 Å². The summed E-state index contributed by atoms with van der Waals surface area (Å²) in [5.74, 6) is -0.996. The maximum Gasteiger partial charge on any atom is 0.331 e. The van der Waals surface area contributed by atoms with Crippen molar-refractivity contribution in [1.82, 2.24) is 19.1 Å². The van der Waals surface area contributed by atoms with Gasteiger partial charge in [0.15, 0.2) is 5.54 Å². The lowest BCUT2D eigenvalue weighted by molar-refractivity contribution is -0.150. The molecular weight excluding hydrogens is 332 g/mol. The van der Waals surface area contributed by atoms with Gasteiger partial charge in [-0.05, 0) is 37.5 Å². The highest BCUT2D eigenvalue weighted by Crippen LogP contribution is 2.32. The third kappa shape index (κ3) is 2.69. The number of aliphatic carboxylic acids is 1. The Morgan fingerprint density at radius 2 is 2.00 bits per heavy atom. The van der Waals surface area contributed by atoms with E-state index in [1.165, 1.54) is 27.4 Å². The lowest BCUT2D eigenvalue weighted by Gasteiger charge is -2.38. The van der Waals surface area contributed by atoms with E-state index in [1.807, 2.05) is 6.92 Å². The Hall–Kier alpha value is -2.26.